The van der Waals surface area contributed by atoms with Gasteiger partial charge in [-0.05, 0) is 19.1 Å². The summed E-state index contributed by atoms with van der Waals surface area (Å²) in [5, 5.41) is 12.6. The fourth-order valence-electron chi connectivity index (χ4n) is 1.38. The second kappa shape index (κ2) is 8.34. The van der Waals surface area contributed by atoms with E-state index in [4.69, 9.17) is 10.5 Å². The molecule has 0 saturated heterocycles. The van der Waals surface area contributed by atoms with Crippen LogP contribution < -0.4 is 15.8 Å². The second-order valence-corrected chi connectivity index (χ2v) is 4.15. The van der Waals surface area contributed by atoms with Gasteiger partial charge >= 0.3 is 6.09 Å². The SMILES string of the molecule is Cc1ccc(OCC(O)CNCCOC(N)=O)cc1. The maximum Gasteiger partial charge on any atom is 0.404 e. The van der Waals surface area contributed by atoms with Crippen LogP contribution in [0.2, 0.25) is 0 Å². The Balaban J connectivity index is 2.09. The van der Waals surface area contributed by atoms with Crippen molar-refractivity contribution in [1.29, 1.82) is 0 Å². The summed E-state index contributed by atoms with van der Waals surface area (Å²) < 4.78 is 9.95. The van der Waals surface area contributed by atoms with E-state index >= 15 is 0 Å². The molecule has 0 saturated carbocycles. The molecule has 0 aromatic heterocycles. The molecule has 1 atom stereocenters. The van der Waals surface area contributed by atoms with Gasteiger partial charge in [0.1, 0.15) is 25.1 Å². The molecule has 0 spiro atoms. The predicted octanol–water partition coefficient (Wildman–Crippen LogP) is 0.420. The van der Waals surface area contributed by atoms with E-state index in [0.717, 1.165) is 11.3 Å². The minimum atomic E-state index is -0.801. The van der Waals surface area contributed by atoms with Gasteiger partial charge in [0, 0.05) is 13.1 Å². The molecule has 106 valence electrons. The fraction of sp³-hybridized carbons (Fsp3) is 0.462. The van der Waals surface area contributed by atoms with Crippen molar-refractivity contribution >= 4 is 6.09 Å². The lowest BCUT2D eigenvalue weighted by molar-refractivity contribution is 0.104. The lowest BCUT2D eigenvalue weighted by Crippen LogP contribution is -2.33. The Morgan fingerprint density at radius 2 is 2.11 bits per heavy atom. The molecule has 1 aromatic rings. The molecule has 1 unspecified atom stereocenters. The van der Waals surface area contributed by atoms with Crippen molar-refractivity contribution in [3.05, 3.63) is 29.8 Å². The molecule has 0 aliphatic heterocycles. The Labute approximate surface area is 112 Å². The summed E-state index contributed by atoms with van der Waals surface area (Å²) in [4.78, 5) is 10.3. The van der Waals surface area contributed by atoms with Gasteiger partial charge in [-0.3, -0.25) is 0 Å². The number of aliphatic hydroxyl groups is 1. The van der Waals surface area contributed by atoms with Crippen LogP contribution in [-0.4, -0.2) is 43.6 Å². The van der Waals surface area contributed by atoms with Crippen molar-refractivity contribution in [2.75, 3.05) is 26.3 Å². The van der Waals surface area contributed by atoms with Crippen LogP contribution in [0.4, 0.5) is 4.79 Å². The summed E-state index contributed by atoms with van der Waals surface area (Å²) in [6, 6.07) is 7.61. The number of aliphatic hydroxyl groups excluding tert-OH is 1. The average Bonchev–Trinajstić information content (AvgIpc) is 2.37. The van der Waals surface area contributed by atoms with E-state index in [1.54, 1.807) is 0 Å². The maximum atomic E-state index is 10.3. The number of hydrogen-bond donors (Lipinski definition) is 3. The molecule has 1 rings (SSSR count). The van der Waals surface area contributed by atoms with Gasteiger partial charge in [-0.1, -0.05) is 17.7 Å². The zero-order chi connectivity index (χ0) is 14.1. The van der Waals surface area contributed by atoms with Gasteiger partial charge < -0.3 is 25.6 Å². The van der Waals surface area contributed by atoms with Gasteiger partial charge in [0.15, 0.2) is 0 Å². The summed E-state index contributed by atoms with van der Waals surface area (Å²) in [5.74, 6) is 0.724. The summed E-state index contributed by atoms with van der Waals surface area (Å²) in [6.45, 7) is 3.17. The van der Waals surface area contributed by atoms with Gasteiger partial charge in [0.2, 0.25) is 0 Å². The Morgan fingerprint density at radius 1 is 1.42 bits per heavy atom. The largest absolute Gasteiger partial charge is 0.491 e. The number of nitrogens with two attached hydrogens (primary N) is 1. The van der Waals surface area contributed by atoms with E-state index in [1.165, 1.54) is 0 Å². The summed E-state index contributed by atoms with van der Waals surface area (Å²) >= 11 is 0. The van der Waals surface area contributed by atoms with Gasteiger partial charge in [0.25, 0.3) is 0 Å². The lowest BCUT2D eigenvalue weighted by atomic mass is 10.2. The Kier molecular flexibility index (Phi) is 6.70. The number of primary amides is 1. The summed E-state index contributed by atoms with van der Waals surface area (Å²) in [5.41, 5.74) is 5.96. The van der Waals surface area contributed by atoms with Crippen LogP contribution in [0.1, 0.15) is 5.56 Å². The molecule has 19 heavy (non-hydrogen) atoms. The minimum Gasteiger partial charge on any atom is -0.491 e. The van der Waals surface area contributed by atoms with Crippen LogP contribution in [0.15, 0.2) is 24.3 Å². The minimum absolute atomic E-state index is 0.181. The number of aryl methyl sites for hydroxylation is 1. The van der Waals surface area contributed by atoms with E-state index < -0.39 is 12.2 Å². The van der Waals surface area contributed by atoms with Gasteiger partial charge in [0.05, 0.1) is 0 Å². The number of amides is 1. The van der Waals surface area contributed by atoms with Crippen molar-refractivity contribution in [2.45, 2.75) is 13.0 Å². The van der Waals surface area contributed by atoms with E-state index in [2.05, 4.69) is 10.1 Å². The molecular formula is C13H20N2O4. The number of nitrogens with one attached hydrogen (secondary N) is 1. The normalized spacial score (nSPS) is 11.9. The Hall–Kier alpha value is -1.79. The average molecular weight is 268 g/mol. The van der Waals surface area contributed by atoms with E-state index in [9.17, 15) is 9.90 Å². The first-order chi connectivity index (χ1) is 9.08. The van der Waals surface area contributed by atoms with Crippen molar-refractivity contribution in [3.63, 3.8) is 0 Å². The molecule has 1 aromatic carbocycles. The first kappa shape index (κ1) is 15.3. The zero-order valence-electron chi connectivity index (χ0n) is 11.0. The van der Waals surface area contributed by atoms with Crippen LogP contribution >= 0.6 is 0 Å². The number of ether oxygens (including phenoxy) is 2. The third-order valence-electron chi connectivity index (χ3n) is 2.37. The lowest BCUT2D eigenvalue weighted by Gasteiger charge is -2.13. The van der Waals surface area contributed by atoms with Crippen LogP contribution in [0, 0.1) is 6.92 Å². The highest BCUT2D eigenvalue weighted by Gasteiger charge is 2.04. The molecule has 1 amide bonds. The molecular weight excluding hydrogens is 248 g/mol. The quantitative estimate of drug-likeness (QED) is 0.594. The zero-order valence-corrected chi connectivity index (χ0v) is 11.0. The monoisotopic (exact) mass is 268 g/mol. The van der Waals surface area contributed by atoms with Gasteiger partial charge in [-0.25, -0.2) is 4.79 Å². The van der Waals surface area contributed by atoms with Crippen LogP contribution in [0.5, 0.6) is 5.75 Å². The van der Waals surface area contributed by atoms with Crippen molar-refractivity contribution in [1.82, 2.24) is 5.32 Å². The van der Waals surface area contributed by atoms with Crippen molar-refractivity contribution in [2.24, 2.45) is 5.73 Å². The maximum absolute atomic E-state index is 10.3. The topological polar surface area (TPSA) is 93.8 Å². The number of carbonyl (C=O) groups is 1. The predicted molar refractivity (Wildman–Crippen MR) is 71.1 cm³/mol. The second-order valence-electron chi connectivity index (χ2n) is 4.15. The van der Waals surface area contributed by atoms with Gasteiger partial charge in [-0.15, -0.1) is 0 Å². The Morgan fingerprint density at radius 3 is 2.74 bits per heavy atom. The van der Waals surface area contributed by atoms with Crippen LogP contribution in [0.25, 0.3) is 0 Å². The standard InChI is InChI=1S/C13H20N2O4/c1-10-2-4-12(5-3-10)19-9-11(16)8-15-6-7-18-13(14)17/h2-5,11,15-16H,6-9H2,1H3,(H2,14,17). The molecule has 0 heterocycles. The molecule has 0 fully saturated rings. The number of rotatable bonds is 8. The Bertz CT molecular complexity index is 381. The van der Waals surface area contributed by atoms with E-state index in [1.807, 2.05) is 31.2 Å². The van der Waals surface area contributed by atoms with Crippen LogP contribution in [0.3, 0.4) is 0 Å². The molecule has 0 radical (unpaired) electrons. The molecule has 4 N–H and O–H groups in total. The van der Waals surface area contributed by atoms with Gasteiger partial charge in [-0.2, -0.15) is 0 Å². The summed E-state index contributed by atoms with van der Waals surface area (Å²) in [6.07, 6.45) is -1.43. The van der Waals surface area contributed by atoms with Crippen molar-refractivity contribution in [3.8, 4) is 5.75 Å². The molecule has 0 aliphatic carbocycles. The first-order valence-electron chi connectivity index (χ1n) is 6.08. The highest BCUT2D eigenvalue weighted by molar-refractivity contribution is 5.64. The molecule has 6 nitrogen and oxygen atoms in total. The van der Waals surface area contributed by atoms with E-state index in [-0.39, 0.29) is 13.2 Å². The highest BCUT2D eigenvalue weighted by Crippen LogP contribution is 2.11. The van der Waals surface area contributed by atoms with Crippen LogP contribution in [-0.2, 0) is 4.74 Å². The smallest absolute Gasteiger partial charge is 0.404 e. The molecule has 6 heteroatoms. The third kappa shape index (κ3) is 7.28. The number of hydrogen-bond acceptors (Lipinski definition) is 5. The molecule has 0 aliphatic rings. The number of carbonyl (C=O) groups excluding carboxylic acids is 1. The fourth-order valence-corrected chi connectivity index (χ4v) is 1.38. The number of benzene rings is 1. The molecule has 0 bridgehead atoms. The van der Waals surface area contributed by atoms with Crippen molar-refractivity contribution < 1.29 is 19.4 Å². The highest BCUT2D eigenvalue weighted by atomic mass is 16.5. The van der Waals surface area contributed by atoms with E-state index in [0.29, 0.717) is 13.1 Å². The third-order valence-corrected chi connectivity index (χ3v) is 2.37. The summed E-state index contributed by atoms with van der Waals surface area (Å²) in [7, 11) is 0. The first-order valence-corrected chi connectivity index (χ1v) is 6.08.